The number of carbonyl (C=O) groups excluding carboxylic acids is 1. The second kappa shape index (κ2) is 2.94. The van der Waals surface area contributed by atoms with E-state index >= 15 is 0 Å². The van der Waals surface area contributed by atoms with Crippen LogP contribution in [-0.2, 0) is 0 Å². The summed E-state index contributed by atoms with van der Waals surface area (Å²) >= 11 is 0. The highest BCUT2D eigenvalue weighted by Crippen LogP contribution is 2.23. The van der Waals surface area contributed by atoms with Crippen LogP contribution in [0.15, 0.2) is 0 Å². The fourth-order valence-electron chi connectivity index (χ4n) is 2.16. The number of rotatable bonds is 1. The van der Waals surface area contributed by atoms with Gasteiger partial charge in [-0.2, -0.15) is 0 Å². The van der Waals surface area contributed by atoms with Crippen LogP contribution < -0.4 is 11.1 Å². The van der Waals surface area contributed by atoms with Crippen LogP contribution in [0.4, 0.5) is 4.79 Å². The molecule has 2 fully saturated rings. The molecule has 2 rings (SSSR count). The van der Waals surface area contributed by atoms with Gasteiger partial charge in [-0.25, -0.2) is 4.79 Å². The van der Waals surface area contributed by atoms with Crippen LogP contribution in [0, 0.1) is 0 Å². The zero-order chi connectivity index (χ0) is 8.55. The number of amides is 2. The van der Waals surface area contributed by atoms with Crippen LogP contribution >= 0.6 is 0 Å². The van der Waals surface area contributed by atoms with E-state index in [9.17, 15) is 4.79 Å². The SMILES string of the molecule is NC1CCCC1N1CCNC1=O. The summed E-state index contributed by atoms with van der Waals surface area (Å²) < 4.78 is 0. The van der Waals surface area contributed by atoms with Crippen LogP contribution in [0.2, 0.25) is 0 Å². The summed E-state index contributed by atoms with van der Waals surface area (Å²) in [4.78, 5) is 13.2. The molecule has 0 bridgehead atoms. The largest absolute Gasteiger partial charge is 0.336 e. The van der Waals surface area contributed by atoms with Gasteiger partial charge in [-0.3, -0.25) is 0 Å². The monoisotopic (exact) mass is 169 g/mol. The van der Waals surface area contributed by atoms with E-state index in [1.54, 1.807) is 0 Å². The normalized spacial score (nSPS) is 35.8. The summed E-state index contributed by atoms with van der Waals surface area (Å²) in [5.74, 6) is 0. The first-order valence-electron chi connectivity index (χ1n) is 4.59. The number of hydrogen-bond donors (Lipinski definition) is 2. The summed E-state index contributed by atoms with van der Waals surface area (Å²) in [6.07, 6.45) is 3.30. The Bertz CT molecular complexity index is 195. The molecule has 0 radical (unpaired) electrons. The highest BCUT2D eigenvalue weighted by atomic mass is 16.2. The molecule has 1 aliphatic heterocycles. The molecule has 1 saturated carbocycles. The first kappa shape index (κ1) is 7.86. The predicted molar refractivity (Wildman–Crippen MR) is 45.7 cm³/mol. The number of carbonyl (C=O) groups is 1. The molecule has 1 aliphatic carbocycles. The van der Waals surface area contributed by atoms with Crippen molar-refractivity contribution in [2.45, 2.75) is 31.3 Å². The standard InChI is InChI=1S/C8H15N3O/c9-6-2-1-3-7(6)11-5-4-10-8(11)12/h6-7H,1-5,9H2,(H,10,12). The number of nitrogens with one attached hydrogen (secondary N) is 1. The van der Waals surface area contributed by atoms with Gasteiger partial charge in [0.1, 0.15) is 0 Å². The van der Waals surface area contributed by atoms with E-state index < -0.39 is 0 Å². The Kier molecular flexibility index (Phi) is 1.92. The van der Waals surface area contributed by atoms with Crippen LogP contribution in [0.5, 0.6) is 0 Å². The van der Waals surface area contributed by atoms with Crippen molar-refractivity contribution >= 4 is 6.03 Å². The van der Waals surface area contributed by atoms with E-state index in [2.05, 4.69) is 5.32 Å². The van der Waals surface area contributed by atoms with Gasteiger partial charge < -0.3 is 16.0 Å². The third kappa shape index (κ3) is 1.16. The Morgan fingerprint density at radius 2 is 2.33 bits per heavy atom. The summed E-state index contributed by atoms with van der Waals surface area (Å²) in [5, 5.41) is 2.80. The first-order valence-corrected chi connectivity index (χ1v) is 4.59. The van der Waals surface area contributed by atoms with Crippen molar-refractivity contribution in [1.29, 1.82) is 0 Å². The molecule has 0 spiro atoms. The van der Waals surface area contributed by atoms with Gasteiger partial charge in [-0.05, 0) is 19.3 Å². The lowest BCUT2D eigenvalue weighted by Crippen LogP contribution is -2.45. The fourth-order valence-corrected chi connectivity index (χ4v) is 2.16. The second-order valence-electron chi connectivity index (χ2n) is 3.59. The highest BCUT2D eigenvalue weighted by Gasteiger charge is 2.34. The molecule has 68 valence electrons. The van der Waals surface area contributed by atoms with Gasteiger partial charge in [0.25, 0.3) is 0 Å². The molecule has 2 unspecified atom stereocenters. The summed E-state index contributed by atoms with van der Waals surface area (Å²) in [6, 6.07) is 0.568. The van der Waals surface area contributed by atoms with Gasteiger partial charge >= 0.3 is 6.03 Å². The van der Waals surface area contributed by atoms with Gasteiger partial charge in [0.2, 0.25) is 0 Å². The Morgan fingerprint density at radius 1 is 1.50 bits per heavy atom. The lowest BCUT2D eigenvalue weighted by atomic mass is 10.1. The molecule has 3 N–H and O–H groups in total. The smallest absolute Gasteiger partial charge is 0.317 e. The van der Waals surface area contributed by atoms with Crippen molar-refractivity contribution < 1.29 is 4.79 Å². The molecule has 2 amide bonds. The maximum absolute atomic E-state index is 11.3. The van der Waals surface area contributed by atoms with Crippen LogP contribution in [0.1, 0.15) is 19.3 Å². The highest BCUT2D eigenvalue weighted by molar-refractivity contribution is 5.76. The van der Waals surface area contributed by atoms with Crippen LogP contribution in [0.25, 0.3) is 0 Å². The summed E-state index contributed by atoms with van der Waals surface area (Å²) in [7, 11) is 0. The zero-order valence-corrected chi connectivity index (χ0v) is 7.12. The lowest BCUT2D eigenvalue weighted by molar-refractivity contribution is 0.193. The quantitative estimate of drug-likeness (QED) is 0.575. The average molecular weight is 169 g/mol. The van der Waals surface area contributed by atoms with E-state index in [4.69, 9.17) is 5.73 Å². The summed E-state index contributed by atoms with van der Waals surface area (Å²) in [6.45, 7) is 1.61. The van der Waals surface area contributed by atoms with E-state index in [-0.39, 0.29) is 12.1 Å². The Labute approximate surface area is 72.1 Å². The minimum absolute atomic E-state index is 0.0670. The average Bonchev–Trinajstić information content (AvgIpc) is 2.59. The molecular formula is C8H15N3O. The number of nitrogens with two attached hydrogens (primary N) is 1. The topological polar surface area (TPSA) is 58.4 Å². The van der Waals surface area contributed by atoms with Crippen molar-refractivity contribution in [3.8, 4) is 0 Å². The van der Waals surface area contributed by atoms with Crippen molar-refractivity contribution in [1.82, 2.24) is 10.2 Å². The Balaban J connectivity index is 2.03. The summed E-state index contributed by atoms with van der Waals surface area (Å²) in [5.41, 5.74) is 5.90. The minimum atomic E-state index is 0.0670. The van der Waals surface area contributed by atoms with Gasteiger partial charge in [0, 0.05) is 25.2 Å². The van der Waals surface area contributed by atoms with Gasteiger partial charge in [0.15, 0.2) is 0 Å². The molecule has 12 heavy (non-hydrogen) atoms. The number of hydrogen-bond acceptors (Lipinski definition) is 2. The molecule has 4 heteroatoms. The number of urea groups is 1. The minimum Gasteiger partial charge on any atom is -0.336 e. The molecular weight excluding hydrogens is 154 g/mol. The maximum Gasteiger partial charge on any atom is 0.317 e. The third-order valence-corrected chi connectivity index (χ3v) is 2.82. The predicted octanol–water partition coefficient (Wildman–Crippen LogP) is -0.109. The molecule has 0 aromatic carbocycles. The van der Waals surface area contributed by atoms with E-state index in [1.807, 2.05) is 4.90 Å². The lowest BCUT2D eigenvalue weighted by Gasteiger charge is -2.25. The van der Waals surface area contributed by atoms with Crippen molar-refractivity contribution in [2.75, 3.05) is 13.1 Å². The van der Waals surface area contributed by atoms with Crippen molar-refractivity contribution in [2.24, 2.45) is 5.73 Å². The third-order valence-electron chi connectivity index (χ3n) is 2.82. The van der Waals surface area contributed by atoms with Crippen molar-refractivity contribution in [3.05, 3.63) is 0 Å². The van der Waals surface area contributed by atoms with Gasteiger partial charge in [-0.15, -0.1) is 0 Å². The Hall–Kier alpha value is -0.770. The van der Waals surface area contributed by atoms with E-state index in [0.717, 1.165) is 32.4 Å². The molecule has 2 atom stereocenters. The number of nitrogens with zero attached hydrogens (tertiary/aromatic N) is 1. The van der Waals surface area contributed by atoms with Crippen molar-refractivity contribution in [3.63, 3.8) is 0 Å². The molecule has 2 aliphatic rings. The molecule has 0 aromatic heterocycles. The molecule has 1 heterocycles. The zero-order valence-electron chi connectivity index (χ0n) is 7.12. The van der Waals surface area contributed by atoms with Gasteiger partial charge in [-0.1, -0.05) is 0 Å². The van der Waals surface area contributed by atoms with E-state index in [0.29, 0.717) is 6.04 Å². The molecule has 1 saturated heterocycles. The maximum atomic E-state index is 11.3. The first-order chi connectivity index (χ1) is 5.79. The second-order valence-corrected chi connectivity index (χ2v) is 3.59. The molecule has 0 aromatic rings. The fraction of sp³-hybridized carbons (Fsp3) is 0.875. The Morgan fingerprint density at radius 3 is 2.83 bits per heavy atom. The van der Waals surface area contributed by atoms with Gasteiger partial charge in [0.05, 0.1) is 0 Å². The van der Waals surface area contributed by atoms with Crippen LogP contribution in [0.3, 0.4) is 0 Å². The molecule has 4 nitrogen and oxygen atoms in total. The van der Waals surface area contributed by atoms with E-state index in [1.165, 1.54) is 0 Å². The van der Waals surface area contributed by atoms with Crippen LogP contribution in [-0.4, -0.2) is 36.1 Å².